The van der Waals surface area contributed by atoms with Crippen LogP contribution < -0.4 is 5.32 Å². The van der Waals surface area contributed by atoms with E-state index in [0.717, 1.165) is 17.1 Å². The summed E-state index contributed by atoms with van der Waals surface area (Å²) in [6.07, 6.45) is 5.58. The number of hydrogen-bond acceptors (Lipinski definition) is 4. The molecule has 2 N–H and O–H groups in total. The zero-order valence-electron chi connectivity index (χ0n) is 11.2. The largest absolute Gasteiger partial charge is 0.388 e. The van der Waals surface area contributed by atoms with Crippen molar-refractivity contribution in [3.05, 3.63) is 23.5 Å². The van der Waals surface area contributed by atoms with Crippen LogP contribution in [0.1, 0.15) is 32.4 Å². The van der Waals surface area contributed by atoms with E-state index in [1.807, 2.05) is 29.1 Å². The van der Waals surface area contributed by atoms with E-state index >= 15 is 0 Å². The molecule has 0 saturated heterocycles. The van der Waals surface area contributed by atoms with Gasteiger partial charge in [0.25, 0.3) is 0 Å². The Kier molecular flexibility index (Phi) is 4.21. The van der Waals surface area contributed by atoms with Crippen molar-refractivity contribution in [3.63, 3.8) is 0 Å². The summed E-state index contributed by atoms with van der Waals surface area (Å²) in [7, 11) is 0. The van der Waals surface area contributed by atoms with Crippen molar-refractivity contribution < 1.29 is 9.90 Å². The summed E-state index contributed by atoms with van der Waals surface area (Å²) >= 11 is 1.54. The van der Waals surface area contributed by atoms with Crippen molar-refractivity contribution in [2.75, 3.05) is 6.54 Å². The van der Waals surface area contributed by atoms with Gasteiger partial charge in [-0.3, -0.25) is 9.20 Å². The topological polar surface area (TPSA) is 66.6 Å². The Morgan fingerprint density at radius 3 is 3.11 bits per heavy atom. The maximum atomic E-state index is 11.8. The second kappa shape index (κ2) is 5.71. The molecule has 0 aliphatic heterocycles. The summed E-state index contributed by atoms with van der Waals surface area (Å²) in [6, 6.07) is 0. The van der Waals surface area contributed by atoms with Gasteiger partial charge in [0, 0.05) is 24.3 Å². The van der Waals surface area contributed by atoms with Gasteiger partial charge in [-0.1, -0.05) is 13.3 Å². The summed E-state index contributed by atoms with van der Waals surface area (Å²) < 4.78 is 1.90. The van der Waals surface area contributed by atoms with Gasteiger partial charge in [-0.2, -0.15) is 0 Å². The molecule has 19 heavy (non-hydrogen) atoms. The average Bonchev–Trinajstić information content (AvgIpc) is 2.87. The second-order valence-electron chi connectivity index (χ2n) is 5.03. The predicted octanol–water partition coefficient (Wildman–Crippen LogP) is 1.61. The molecule has 0 fully saturated rings. The molecule has 5 nitrogen and oxygen atoms in total. The number of thiazole rings is 1. The fourth-order valence-corrected chi connectivity index (χ4v) is 2.72. The lowest BCUT2D eigenvalue weighted by Gasteiger charge is -2.22. The Bertz CT molecular complexity index is 530. The highest BCUT2D eigenvalue weighted by atomic mass is 32.1. The van der Waals surface area contributed by atoms with Gasteiger partial charge >= 0.3 is 0 Å². The van der Waals surface area contributed by atoms with Gasteiger partial charge in [-0.05, 0) is 13.3 Å². The molecule has 1 unspecified atom stereocenters. The van der Waals surface area contributed by atoms with E-state index < -0.39 is 5.60 Å². The number of aromatic nitrogens is 2. The van der Waals surface area contributed by atoms with Crippen LogP contribution in [0.5, 0.6) is 0 Å². The zero-order chi connectivity index (χ0) is 13.9. The molecule has 0 aromatic carbocycles. The molecule has 1 atom stereocenters. The molecule has 0 radical (unpaired) electrons. The van der Waals surface area contributed by atoms with E-state index in [1.165, 1.54) is 11.3 Å². The third kappa shape index (κ3) is 3.78. The first-order chi connectivity index (χ1) is 9.00. The molecular formula is C13H19N3O2S. The Labute approximate surface area is 116 Å². The SMILES string of the molecule is CCCC(C)(O)CNC(=O)Cc1cn2ccsc2n1. The number of amides is 1. The minimum Gasteiger partial charge on any atom is -0.388 e. The van der Waals surface area contributed by atoms with Gasteiger partial charge in [-0.15, -0.1) is 11.3 Å². The fraction of sp³-hybridized carbons (Fsp3) is 0.538. The quantitative estimate of drug-likeness (QED) is 0.845. The van der Waals surface area contributed by atoms with Crippen molar-refractivity contribution in [2.24, 2.45) is 0 Å². The highest BCUT2D eigenvalue weighted by Gasteiger charge is 2.20. The van der Waals surface area contributed by atoms with Gasteiger partial charge in [0.2, 0.25) is 5.91 Å². The third-order valence-corrected chi connectivity index (χ3v) is 3.71. The van der Waals surface area contributed by atoms with Crippen LogP contribution in [-0.2, 0) is 11.2 Å². The number of fused-ring (bicyclic) bond motifs is 1. The first-order valence-corrected chi connectivity index (χ1v) is 7.28. The molecule has 2 aromatic rings. The Morgan fingerprint density at radius 1 is 1.63 bits per heavy atom. The average molecular weight is 281 g/mol. The molecule has 0 aliphatic carbocycles. The number of imidazole rings is 1. The van der Waals surface area contributed by atoms with Crippen molar-refractivity contribution in [2.45, 2.75) is 38.7 Å². The van der Waals surface area contributed by atoms with E-state index in [-0.39, 0.29) is 18.9 Å². The normalized spacial score (nSPS) is 14.5. The van der Waals surface area contributed by atoms with E-state index in [1.54, 1.807) is 6.92 Å². The maximum Gasteiger partial charge on any atom is 0.226 e. The van der Waals surface area contributed by atoms with Crippen LogP contribution in [-0.4, -0.2) is 32.5 Å². The number of aliphatic hydroxyl groups is 1. The molecule has 0 spiro atoms. The fourth-order valence-electron chi connectivity index (χ4n) is 2.00. The smallest absolute Gasteiger partial charge is 0.226 e. The Balaban J connectivity index is 1.86. The lowest BCUT2D eigenvalue weighted by atomic mass is 10.0. The monoisotopic (exact) mass is 281 g/mol. The number of carbonyl (C=O) groups is 1. The summed E-state index contributed by atoms with van der Waals surface area (Å²) in [4.78, 5) is 17.0. The van der Waals surface area contributed by atoms with Crippen LogP contribution in [0.15, 0.2) is 17.8 Å². The minimum absolute atomic E-state index is 0.109. The summed E-state index contributed by atoms with van der Waals surface area (Å²) in [5.74, 6) is -0.109. The van der Waals surface area contributed by atoms with Crippen LogP contribution >= 0.6 is 11.3 Å². The zero-order valence-corrected chi connectivity index (χ0v) is 12.0. The predicted molar refractivity (Wildman–Crippen MR) is 75.3 cm³/mol. The summed E-state index contributed by atoms with van der Waals surface area (Å²) in [5, 5.41) is 14.7. The first-order valence-electron chi connectivity index (χ1n) is 6.40. The van der Waals surface area contributed by atoms with E-state index in [4.69, 9.17) is 0 Å². The third-order valence-electron chi connectivity index (χ3n) is 2.94. The molecule has 0 aliphatic rings. The van der Waals surface area contributed by atoms with Gasteiger partial charge in [0.05, 0.1) is 17.7 Å². The van der Waals surface area contributed by atoms with Crippen LogP contribution in [0.2, 0.25) is 0 Å². The highest BCUT2D eigenvalue weighted by Crippen LogP contribution is 2.12. The number of rotatable bonds is 6. The summed E-state index contributed by atoms with van der Waals surface area (Å²) in [5.41, 5.74) is -0.0848. The van der Waals surface area contributed by atoms with Crippen molar-refractivity contribution in [1.82, 2.24) is 14.7 Å². The highest BCUT2D eigenvalue weighted by molar-refractivity contribution is 7.15. The van der Waals surface area contributed by atoms with Crippen LogP contribution in [0.3, 0.4) is 0 Å². The molecule has 2 rings (SSSR count). The minimum atomic E-state index is -0.834. The molecule has 104 valence electrons. The number of nitrogens with zero attached hydrogens (tertiary/aromatic N) is 2. The van der Waals surface area contributed by atoms with Gasteiger partial charge in [0.1, 0.15) is 0 Å². The van der Waals surface area contributed by atoms with E-state index in [2.05, 4.69) is 10.3 Å². The molecule has 6 heteroatoms. The number of nitrogens with one attached hydrogen (secondary N) is 1. The van der Waals surface area contributed by atoms with Crippen molar-refractivity contribution in [1.29, 1.82) is 0 Å². The van der Waals surface area contributed by atoms with Crippen LogP contribution in [0.25, 0.3) is 4.96 Å². The maximum absolute atomic E-state index is 11.8. The van der Waals surface area contributed by atoms with Crippen molar-refractivity contribution >= 4 is 22.2 Å². The standard InChI is InChI=1S/C13H19N3O2S/c1-3-4-13(2,18)9-14-11(17)7-10-8-16-5-6-19-12(16)15-10/h5-6,8,18H,3-4,7,9H2,1-2H3,(H,14,17). The molecule has 1 amide bonds. The molecule has 0 saturated carbocycles. The molecule has 2 aromatic heterocycles. The van der Waals surface area contributed by atoms with Gasteiger partial charge in [-0.25, -0.2) is 4.98 Å². The lowest BCUT2D eigenvalue weighted by Crippen LogP contribution is -2.41. The molecule has 2 heterocycles. The number of carbonyl (C=O) groups excluding carboxylic acids is 1. The Morgan fingerprint density at radius 2 is 2.42 bits per heavy atom. The molecular weight excluding hydrogens is 262 g/mol. The number of hydrogen-bond donors (Lipinski definition) is 2. The van der Waals surface area contributed by atoms with Gasteiger partial charge < -0.3 is 10.4 Å². The van der Waals surface area contributed by atoms with Gasteiger partial charge in [0.15, 0.2) is 4.96 Å². The van der Waals surface area contributed by atoms with E-state index in [9.17, 15) is 9.90 Å². The first kappa shape index (κ1) is 14.0. The second-order valence-corrected chi connectivity index (χ2v) is 5.90. The Hall–Kier alpha value is -1.40. The van der Waals surface area contributed by atoms with Crippen LogP contribution in [0.4, 0.5) is 0 Å². The molecule has 0 bridgehead atoms. The summed E-state index contributed by atoms with van der Waals surface area (Å²) in [6.45, 7) is 4.03. The van der Waals surface area contributed by atoms with E-state index in [0.29, 0.717) is 6.42 Å². The van der Waals surface area contributed by atoms with Crippen LogP contribution in [0, 0.1) is 0 Å². The van der Waals surface area contributed by atoms with Crippen molar-refractivity contribution in [3.8, 4) is 0 Å². The lowest BCUT2D eigenvalue weighted by molar-refractivity contribution is -0.121.